The van der Waals surface area contributed by atoms with Crippen LogP contribution < -0.4 is 10.1 Å². The molecular weight excluding hydrogens is 390 g/mol. The van der Waals surface area contributed by atoms with Crippen LogP contribution in [0.25, 0.3) is 21.8 Å². The molecule has 5 aromatic rings. The normalized spacial score (nSPS) is 11.0. The Hall–Kier alpha value is -4.32. The average Bonchev–Trinajstić information content (AvgIpc) is 3.41. The zero-order valence-electron chi connectivity index (χ0n) is 16.5. The number of nitrogens with one attached hydrogen (secondary N) is 2. The summed E-state index contributed by atoms with van der Waals surface area (Å²) < 4.78 is 7.92. The van der Waals surface area contributed by atoms with Crippen molar-refractivity contribution in [2.75, 3.05) is 5.32 Å². The third-order valence-electron chi connectivity index (χ3n) is 5.16. The maximum atomic E-state index is 12.6. The van der Waals surface area contributed by atoms with Gasteiger partial charge in [-0.2, -0.15) is 0 Å². The highest BCUT2D eigenvalue weighted by atomic mass is 16.5. The van der Waals surface area contributed by atoms with Crippen LogP contribution in [-0.2, 0) is 11.3 Å². The van der Waals surface area contributed by atoms with E-state index in [4.69, 9.17) is 4.74 Å². The molecule has 0 saturated carbocycles. The van der Waals surface area contributed by atoms with Crippen LogP contribution in [0.2, 0.25) is 0 Å². The molecule has 5 rings (SSSR count). The van der Waals surface area contributed by atoms with Gasteiger partial charge in [-0.15, -0.1) is 0 Å². The highest BCUT2D eigenvalue weighted by Crippen LogP contribution is 2.31. The fourth-order valence-electron chi connectivity index (χ4n) is 3.65. The second-order valence-corrected chi connectivity index (χ2v) is 7.17. The molecule has 0 saturated heterocycles. The fourth-order valence-corrected chi connectivity index (χ4v) is 3.65. The molecule has 6 nitrogen and oxygen atoms in total. The summed E-state index contributed by atoms with van der Waals surface area (Å²) in [5.41, 5.74) is 3.04. The van der Waals surface area contributed by atoms with Crippen LogP contribution in [-0.4, -0.2) is 21.7 Å². The predicted octanol–water partition coefficient (Wildman–Crippen LogP) is 5.37. The van der Waals surface area contributed by atoms with Gasteiger partial charge < -0.3 is 24.4 Å². The second-order valence-electron chi connectivity index (χ2n) is 7.17. The number of para-hydroxylation sites is 1. The van der Waals surface area contributed by atoms with Gasteiger partial charge in [0, 0.05) is 28.2 Å². The summed E-state index contributed by atoms with van der Waals surface area (Å²) in [5.74, 6) is 1.16. The van der Waals surface area contributed by atoms with Crippen molar-refractivity contribution in [2.45, 2.75) is 6.54 Å². The number of aromatic nitrogens is 2. The van der Waals surface area contributed by atoms with Crippen molar-refractivity contribution < 1.29 is 14.3 Å². The van der Waals surface area contributed by atoms with Gasteiger partial charge in [0.1, 0.15) is 23.5 Å². The maximum absolute atomic E-state index is 12.6. The summed E-state index contributed by atoms with van der Waals surface area (Å²) in [6, 6.07) is 24.5. The van der Waals surface area contributed by atoms with E-state index in [1.54, 1.807) is 12.1 Å². The molecule has 152 valence electrons. The number of benzene rings is 3. The van der Waals surface area contributed by atoms with Crippen LogP contribution in [0.15, 0.2) is 85.1 Å². The zero-order valence-corrected chi connectivity index (χ0v) is 16.5. The molecule has 0 bridgehead atoms. The van der Waals surface area contributed by atoms with Crippen molar-refractivity contribution in [1.29, 1.82) is 0 Å². The lowest BCUT2D eigenvalue weighted by Gasteiger charge is -2.09. The monoisotopic (exact) mass is 409 g/mol. The number of carbonyl (C=O) groups is 2. The van der Waals surface area contributed by atoms with Gasteiger partial charge in [-0.3, -0.25) is 4.79 Å². The quantitative estimate of drug-likeness (QED) is 0.370. The summed E-state index contributed by atoms with van der Waals surface area (Å²) >= 11 is 0. The lowest BCUT2D eigenvalue weighted by Crippen LogP contribution is -2.12. The number of carbonyl (C=O) groups excluding carboxylic acids is 2. The number of anilines is 1. The van der Waals surface area contributed by atoms with E-state index in [2.05, 4.69) is 10.3 Å². The summed E-state index contributed by atoms with van der Waals surface area (Å²) in [6.45, 7) is 0.303. The molecule has 0 radical (unpaired) electrons. The number of amides is 1. The Morgan fingerprint density at radius 2 is 1.84 bits per heavy atom. The Bertz CT molecular complexity index is 1360. The highest BCUT2D eigenvalue weighted by Gasteiger charge is 2.11. The third kappa shape index (κ3) is 3.67. The lowest BCUT2D eigenvalue weighted by molar-refractivity contribution is -0.108. The molecule has 0 unspecified atom stereocenters. The Morgan fingerprint density at radius 1 is 1.00 bits per heavy atom. The van der Waals surface area contributed by atoms with Crippen LogP contribution in [0.4, 0.5) is 5.69 Å². The smallest absolute Gasteiger partial charge is 0.272 e. The first-order valence-electron chi connectivity index (χ1n) is 9.90. The number of hydrogen-bond donors (Lipinski definition) is 2. The van der Waals surface area contributed by atoms with E-state index < -0.39 is 0 Å². The van der Waals surface area contributed by atoms with Gasteiger partial charge in [0.2, 0.25) is 0 Å². The minimum Gasteiger partial charge on any atom is -0.457 e. The van der Waals surface area contributed by atoms with Gasteiger partial charge in [-0.25, -0.2) is 0 Å². The molecule has 3 aromatic carbocycles. The number of fused-ring (bicyclic) bond motifs is 2. The van der Waals surface area contributed by atoms with Gasteiger partial charge in [-0.05, 0) is 54.6 Å². The molecule has 0 aliphatic carbocycles. The van der Waals surface area contributed by atoms with E-state index in [0.29, 0.717) is 29.4 Å². The topological polar surface area (TPSA) is 76.1 Å². The van der Waals surface area contributed by atoms with Gasteiger partial charge in [-0.1, -0.05) is 24.3 Å². The molecule has 1 amide bonds. The molecule has 0 spiro atoms. The first kappa shape index (κ1) is 18.7. The van der Waals surface area contributed by atoms with E-state index in [1.165, 1.54) is 0 Å². The Labute approximate surface area is 178 Å². The molecule has 0 fully saturated rings. The molecule has 0 aliphatic rings. The zero-order chi connectivity index (χ0) is 21.2. The van der Waals surface area contributed by atoms with Crippen LogP contribution >= 0.6 is 0 Å². The van der Waals surface area contributed by atoms with Crippen molar-refractivity contribution >= 4 is 39.7 Å². The standard InChI is InChI=1S/C25H19N3O3/c29-15-14-28-13-12-20-23(28)6-3-7-24(20)31-19-10-8-18(9-11-19)26-25(30)22-16-17-4-1-2-5-21(17)27-22/h1-13,15-16,27H,14H2,(H,26,30). The first-order valence-corrected chi connectivity index (χ1v) is 9.90. The van der Waals surface area contributed by atoms with Crippen molar-refractivity contribution in [2.24, 2.45) is 0 Å². The van der Waals surface area contributed by atoms with Crippen molar-refractivity contribution in [3.05, 3.63) is 90.8 Å². The summed E-state index contributed by atoms with van der Waals surface area (Å²) in [7, 11) is 0. The Kier molecular flexibility index (Phi) is 4.72. The number of aldehydes is 1. The van der Waals surface area contributed by atoms with Crippen molar-refractivity contribution in [3.8, 4) is 11.5 Å². The summed E-state index contributed by atoms with van der Waals surface area (Å²) in [5, 5.41) is 4.82. The van der Waals surface area contributed by atoms with Crippen LogP contribution in [0.5, 0.6) is 11.5 Å². The van der Waals surface area contributed by atoms with Crippen molar-refractivity contribution in [3.63, 3.8) is 0 Å². The number of H-pyrrole nitrogens is 1. The molecule has 0 atom stereocenters. The highest BCUT2D eigenvalue weighted by molar-refractivity contribution is 6.05. The van der Waals surface area contributed by atoms with E-state index in [0.717, 1.165) is 28.1 Å². The van der Waals surface area contributed by atoms with E-state index in [1.807, 2.05) is 77.5 Å². The van der Waals surface area contributed by atoms with E-state index in [-0.39, 0.29) is 5.91 Å². The molecule has 2 aromatic heterocycles. The van der Waals surface area contributed by atoms with Gasteiger partial charge in [0.25, 0.3) is 5.91 Å². The first-order chi connectivity index (χ1) is 15.2. The van der Waals surface area contributed by atoms with Crippen LogP contribution in [0, 0.1) is 0 Å². The molecule has 6 heteroatoms. The number of nitrogens with zero attached hydrogens (tertiary/aromatic N) is 1. The molecule has 31 heavy (non-hydrogen) atoms. The number of hydrogen-bond acceptors (Lipinski definition) is 3. The second kappa shape index (κ2) is 7.84. The van der Waals surface area contributed by atoms with Gasteiger partial charge in [0.15, 0.2) is 0 Å². The molecule has 0 aliphatic heterocycles. The number of ether oxygens (including phenoxy) is 1. The van der Waals surface area contributed by atoms with E-state index >= 15 is 0 Å². The minimum atomic E-state index is -0.203. The van der Waals surface area contributed by atoms with Crippen LogP contribution in [0.3, 0.4) is 0 Å². The number of aromatic amines is 1. The largest absolute Gasteiger partial charge is 0.457 e. The Morgan fingerprint density at radius 3 is 2.65 bits per heavy atom. The van der Waals surface area contributed by atoms with Crippen molar-refractivity contribution in [1.82, 2.24) is 9.55 Å². The molecule has 2 N–H and O–H groups in total. The molecule has 2 heterocycles. The minimum absolute atomic E-state index is 0.203. The van der Waals surface area contributed by atoms with Gasteiger partial charge >= 0.3 is 0 Å². The third-order valence-corrected chi connectivity index (χ3v) is 5.16. The van der Waals surface area contributed by atoms with Crippen LogP contribution in [0.1, 0.15) is 10.5 Å². The van der Waals surface area contributed by atoms with E-state index in [9.17, 15) is 9.59 Å². The fraction of sp³-hybridized carbons (Fsp3) is 0.0400. The summed E-state index contributed by atoms with van der Waals surface area (Å²) in [6.07, 6.45) is 2.74. The summed E-state index contributed by atoms with van der Waals surface area (Å²) in [4.78, 5) is 26.5. The average molecular weight is 409 g/mol. The Balaban J connectivity index is 1.31. The predicted molar refractivity (Wildman–Crippen MR) is 121 cm³/mol. The maximum Gasteiger partial charge on any atom is 0.272 e. The SMILES string of the molecule is O=CCn1ccc2c(Oc3ccc(NC(=O)c4cc5ccccc5[nH]4)cc3)cccc21. The van der Waals surface area contributed by atoms with Gasteiger partial charge in [0.05, 0.1) is 12.1 Å². The molecular formula is C25H19N3O3. The number of rotatable bonds is 6. The lowest BCUT2D eigenvalue weighted by atomic mass is 10.2.